The Labute approximate surface area is 155 Å². The summed E-state index contributed by atoms with van der Waals surface area (Å²) in [7, 11) is 0. The minimum Gasteiger partial charge on any atom is -0.492 e. The molecule has 1 heterocycles. The molecule has 6 heteroatoms. The van der Waals surface area contributed by atoms with Crippen LogP contribution in [0.5, 0.6) is 5.75 Å². The molecule has 0 saturated carbocycles. The lowest BCUT2D eigenvalue weighted by Gasteiger charge is -2.08. The van der Waals surface area contributed by atoms with E-state index in [1.54, 1.807) is 24.3 Å². The van der Waals surface area contributed by atoms with E-state index in [1.807, 2.05) is 25.1 Å². The van der Waals surface area contributed by atoms with Gasteiger partial charge in [-0.1, -0.05) is 42.0 Å². The highest BCUT2D eigenvalue weighted by atomic mass is 35.5. The maximum atomic E-state index is 12.5. The van der Waals surface area contributed by atoms with E-state index in [0.29, 0.717) is 22.0 Å². The second-order valence-corrected chi connectivity index (χ2v) is 6.95. The van der Waals surface area contributed by atoms with E-state index in [4.69, 9.17) is 16.3 Å². The van der Waals surface area contributed by atoms with Crippen molar-refractivity contribution in [1.82, 2.24) is 4.57 Å². The third kappa shape index (κ3) is 3.78. The number of ether oxygens (including phenoxy) is 1. The Bertz CT molecular complexity index is 975. The summed E-state index contributed by atoms with van der Waals surface area (Å²) in [5.74, 6) is 0.526. The van der Waals surface area contributed by atoms with E-state index in [0.717, 1.165) is 28.9 Å². The molecule has 0 atom stereocenters. The summed E-state index contributed by atoms with van der Waals surface area (Å²) < 4.78 is 8.88. The molecule has 2 aromatic carbocycles. The fourth-order valence-corrected chi connectivity index (χ4v) is 3.92. The second-order valence-electron chi connectivity index (χ2n) is 5.50. The van der Waals surface area contributed by atoms with Gasteiger partial charge in [-0.25, -0.2) is 0 Å². The van der Waals surface area contributed by atoms with E-state index >= 15 is 0 Å². The number of carbonyl (C=O) groups excluding carboxylic acids is 1. The summed E-state index contributed by atoms with van der Waals surface area (Å²) in [4.78, 5) is 17.6. The molecule has 0 aliphatic carbocycles. The molecule has 1 amide bonds. The average Bonchev–Trinajstić information content (AvgIpc) is 2.94. The van der Waals surface area contributed by atoms with Crippen LogP contribution in [-0.2, 0) is 6.54 Å². The Balaban J connectivity index is 2.16. The van der Waals surface area contributed by atoms with Crippen LogP contribution in [0.1, 0.15) is 30.6 Å². The van der Waals surface area contributed by atoms with Crippen LogP contribution in [0.15, 0.2) is 47.5 Å². The predicted molar refractivity (Wildman–Crippen MR) is 103 cm³/mol. The van der Waals surface area contributed by atoms with Gasteiger partial charge < -0.3 is 9.30 Å². The van der Waals surface area contributed by atoms with Gasteiger partial charge in [-0.3, -0.25) is 4.79 Å². The first-order chi connectivity index (χ1) is 12.1. The highest BCUT2D eigenvalue weighted by molar-refractivity contribution is 7.16. The zero-order valence-electron chi connectivity index (χ0n) is 14.2. The van der Waals surface area contributed by atoms with Crippen molar-refractivity contribution in [3.05, 3.63) is 57.9 Å². The van der Waals surface area contributed by atoms with Gasteiger partial charge in [0.1, 0.15) is 11.3 Å². The summed E-state index contributed by atoms with van der Waals surface area (Å²) in [5, 5.41) is 0.525. The number of halogens is 1. The SMILES string of the molecule is CCCn1c(=NC(=O)c2cccc(Cl)c2)sc2cccc(OCC)c21. The summed E-state index contributed by atoms with van der Waals surface area (Å²) in [5.41, 5.74) is 1.48. The molecule has 0 fully saturated rings. The molecular formula is C19H19ClN2O2S. The van der Waals surface area contributed by atoms with E-state index in [1.165, 1.54) is 11.3 Å². The van der Waals surface area contributed by atoms with Crippen LogP contribution in [0, 0.1) is 0 Å². The molecule has 0 spiro atoms. The van der Waals surface area contributed by atoms with Crippen LogP contribution < -0.4 is 9.54 Å². The maximum absolute atomic E-state index is 12.5. The van der Waals surface area contributed by atoms with Crippen LogP contribution in [-0.4, -0.2) is 17.1 Å². The van der Waals surface area contributed by atoms with Gasteiger partial charge in [0.25, 0.3) is 5.91 Å². The van der Waals surface area contributed by atoms with Crippen molar-refractivity contribution in [3.8, 4) is 5.75 Å². The van der Waals surface area contributed by atoms with Gasteiger partial charge in [0.05, 0.1) is 11.3 Å². The number of nitrogens with zero attached hydrogens (tertiary/aromatic N) is 2. The molecule has 0 N–H and O–H groups in total. The summed E-state index contributed by atoms with van der Waals surface area (Å²) in [6.07, 6.45) is 0.935. The fraction of sp³-hybridized carbons (Fsp3) is 0.263. The van der Waals surface area contributed by atoms with Crippen molar-refractivity contribution in [2.45, 2.75) is 26.8 Å². The van der Waals surface area contributed by atoms with Crippen molar-refractivity contribution >= 4 is 39.1 Å². The number of carbonyl (C=O) groups is 1. The first-order valence-electron chi connectivity index (χ1n) is 8.23. The molecule has 0 bridgehead atoms. The maximum Gasteiger partial charge on any atom is 0.279 e. The number of aromatic nitrogens is 1. The minimum absolute atomic E-state index is 0.295. The molecule has 3 aromatic rings. The molecular weight excluding hydrogens is 356 g/mol. The highest BCUT2D eigenvalue weighted by Crippen LogP contribution is 2.28. The Morgan fingerprint density at radius 2 is 2.04 bits per heavy atom. The van der Waals surface area contributed by atoms with E-state index in [-0.39, 0.29) is 5.91 Å². The van der Waals surface area contributed by atoms with Crippen LogP contribution in [0.25, 0.3) is 10.2 Å². The van der Waals surface area contributed by atoms with E-state index in [9.17, 15) is 4.79 Å². The minimum atomic E-state index is -0.295. The number of thiazole rings is 1. The highest BCUT2D eigenvalue weighted by Gasteiger charge is 2.13. The van der Waals surface area contributed by atoms with Gasteiger partial charge in [-0.15, -0.1) is 0 Å². The Hall–Kier alpha value is -2.11. The molecule has 3 rings (SSSR count). The predicted octanol–water partition coefficient (Wildman–Crippen LogP) is 4.91. The summed E-state index contributed by atoms with van der Waals surface area (Å²) in [6, 6.07) is 12.8. The van der Waals surface area contributed by atoms with Crippen LogP contribution in [0.3, 0.4) is 0 Å². The quantitative estimate of drug-likeness (QED) is 0.637. The molecule has 0 saturated heterocycles. The Morgan fingerprint density at radius 3 is 2.76 bits per heavy atom. The average molecular weight is 375 g/mol. The summed E-state index contributed by atoms with van der Waals surface area (Å²) in [6.45, 7) is 5.42. The van der Waals surface area contributed by atoms with E-state index in [2.05, 4.69) is 16.5 Å². The first-order valence-corrected chi connectivity index (χ1v) is 9.43. The molecule has 1 aromatic heterocycles. The van der Waals surface area contributed by atoms with Gasteiger partial charge in [-0.05, 0) is 43.7 Å². The molecule has 0 radical (unpaired) electrons. The zero-order valence-corrected chi connectivity index (χ0v) is 15.7. The molecule has 0 unspecified atom stereocenters. The number of fused-ring (bicyclic) bond motifs is 1. The van der Waals surface area contributed by atoms with Gasteiger partial charge in [0.2, 0.25) is 0 Å². The molecule has 0 aliphatic rings. The number of hydrogen-bond donors (Lipinski definition) is 0. The largest absolute Gasteiger partial charge is 0.492 e. The number of para-hydroxylation sites is 1. The van der Waals surface area contributed by atoms with Gasteiger partial charge in [0.15, 0.2) is 4.80 Å². The number of benzene rings is 2. The van der Waals surface area contributed by atoms with Gasteiger partial charge in [-0.2, -0.15) is 4.99 Å². The lowest BCUT2D eigenvalue weighted by Crippen LogP contribution is -2.17. The van der Waals surface area contributed by atoms with Crippen molar-refractivity contribution in [2.75, 3.05) is 6.61 Å². The number of hydrogen-bond acceptors (Lipinski definition) is 3. The van der Waals surface area contributed by atoms with Crippen molar-refractivity contribution in [2.24, 2.45) is 4.99 Å². The zero-order chi connectivity index (χ0) is 17.8. The monoisotopic (exact) mass is 374 g/mol. The molecule has 0 aliphatic heterocycles. The topological polar surface area (TPSA) is 43.6 Å². The molecule has 25 heavy (non-hydrogen) atoms. The number of aryl methyl sites for hydroxylation is 1. The summed E-state index contributed by atoms with van der Waals surface area (Å²) >= 11 is 7.47. The van der Waals surface area contributed by atoms with Crippen LogP contribution in [0.4, 0.5) is 0 Å². The Kier molecular flexibility index (Phi) is 5.56. The number of rotatable bonds is 5. The Morgan fingerprint density at radius 1 is 1.24 bits per heavy atom. The standard InChI is InChI=1S/C19H19ClN2O2S/c1-3-11-22-17-15(24-4-2)9-6-10-16(17)25-19(22)21-18(23)13-7-5-8-14(20)12-13/h5-10,12H,3-4,11H2,1-2H3. The lowest BCUT2D eigenvalue weighted by molar-refractivity contribution is 0.0998. The van der Waals surface area contributed by atoms with Crippen LogP contribution >= 0.6 is 22.9 Å². The second kappa shape index (κ2) is 7.85. The lowest BCUT2D eigenvalue weighted by atomic mass is 10.2. The fourth-order valence-electron chi connectivity index (χ4n) is 2.66. The van der Waals surface area contributed by atoms with Crippen molar-refractivity contribution in [3.63, 3.8) is 0 Å². The van der Waals surface area contributed by atoms with Gasteiger partial charge in [0, 0.05) is 17.1 Å². The molecule has 4 nitrogen and oxygen atoms in total. The van der Waals surface area contributed by atoms with Gasteiger partial charge >= 0.3 is 0 Å². The number of amides is 1. The third-order valence-corrected chi connectivity index (χ3v) is 4.96. The van der Waals surface area contributed by atoms with Crippen molar-refractivity contribution < 1.29 is 9.53 Å². The normalized spacial score (nSPS) is 11.9. The third-order valence-electron chi connectivity index (χ3n) is 3.68. The first kappa shape index (κ1) is 17.7. The van der Waals surface area contributed by atoms with Crippen molar-refractivity contribution in [1.29, 1.82) is 0 Å². The van der Waals surface area contributed by atoms with Crippen LogP contribution in [0.2, 0.25) is 5.02 Å². The smallest absolute Gasteiger partial charge is 0.279 e. The molecule has 130 valence electrons. The van der Waals surface area contributed by atoms with E-state index < -0.39 is 0 Å².